The van der Waals surface area contributed by atoms with Gasteiger partial charge in [-0.1, -0.05) is 36.4 Å². The molecule has 4 aromatic carbocycles. The maximum absolute atomic E-state index is 15.4. The van der Waals surface area contributed by atoms with E-state index in [0.29, 0.717) is 75.5 Å². The smallest absolute Gasteiger partial charge is 0.410 e. The van der Waals surface area contributed by atoms with E-state index in [0.717, 1.165) is 34.2 Å². The van der Waals surface area contributed by atoms with E-state index in [2.05, 4.69) is 32.7 Å². The maximum Gasteiger partial charge on any atom is 0.410 e. The summed E-state index contributed by atoms with van der Waals surface area (Å²) in [5.41, 5.74) is -0.195. The minimum absolute atomic E-state index is 0.0588. The van der Waals surface area contributed by atoms with Crippen LogP contribution in [0.25, 0.3) is 0 Å². The lowest BCUT2D eigenvalue weighted by Crippen LogP contribution is -2.64. The second-order valence-corrected chi connectivity index (χ2v) is 26.5. The van der Waals surface area contributed by atoms with Crippen molar-refractivity contribution >= 4 is 58.8 Å². The molecule has 4 aromatic rings. The molecule has 9 rings (SSSR count). The Kier molecular flexibility index (Phi) is 19.9. The molecule has 3 saturated heterocycles. The van der Waals surface area contributed by atoms with Crippen molar-refractivity contribution in [1.29, 1.82) is 0 Å². The quantitative estimate of drug-likeness (QED) is 0.103. The van der Waals surface area contributed by atoms with E-state index in [4.69, 9.17) is 18.9 Å². The summed E-state index contributed by atoms with van der Waals surface area (Å²) in [5.74, 6) is -6.17. The van der Waals surface area contributed by atoms with Gasteiger partial charge in [-0.3, -0.25) is 38.7 Å². The number of nitrogens with zero attached hydrogens (tertiary/aromatic N) is 6. The highest BCUT2D eigenvalue weighted by Crippen LogP contribution is 2.44. The van der Waals surface area contributed by atoms with Crippen LogP contribution in [0.15, 0.2) is 78.9 Å². The van der Waals surface area contributed by atoms with Gasteiger partial charge in [0.25, 0.3) is 5.91 Å². The molecule has 89 heavy (non-hydrogen) atoms. The number of piperazine rings is 1. The normalized spacial score (nSPS) is 22.3. The lowest BCUT2D eigenvalue weighted by molar-refractivity contribution is -0.144. The summed E-state index contributed by atoms with van der Waals surface area (Å²) in [5, 5.41) is 8.30. The molecular formula is C66H84F3N9O11. The molecule has 20 nitrogen and oxygen atoms in total. The van der Waals surface area contributed by atoms with Gasteiger partial charge in [0.05, 0.1) is 25.2 Å². The van der Waals surface area contributed by atoms with Crippen molar-refractivity contribution in [2.24, 2.45) is 5.92 Å². The second kappa shape index (κ2) is 26.8. The van der Waals surface area contributed by atoms with Gasteiger partial charge in [0.2, 0.25) is 23.6 Å². The van der Waals surface area contributed by atoms with Gasteiger partial charge in [-0.25, -0.2) is 22.8 Å². The number of rotatable bonds is 15. The van der Waals surface area contributed by atoms with Crippen LogP contribution >= 0.6 is 0 Å². The number of benzene rings is 4. The van der Waals surface area contributed by atoms with Gasteiger partial charge in [-0.15, -0.1) is 0 Å². The molecule has 1 unspecified atom stereocenters. The van der Waals surface area contributed by atoms with Gasteiger partial charge in [-0.2, -0.15) is 0 Å². The van der Waals surface area contributed by atoms with Crippen molar-refractivity contribution in [1.82, 2.24) is 29.8 Å². The monoisotopic (exact) mass is 1240 g/mol. The highest BCUT2D eigenvalue weighted by Gasteiger charge is 2.49. The average Bonchev–Trinajstić information content (AvgIpc) is 1.64. The molecule has 0 saturated carbocycles. The molecule has 7 amide bonds. The molecule has 3 fully saturated rings. The van der Waals surface area contributed by atoms with Gasteiger partial charge >= 0.3 is 12.2 Å². The number of hydrogen-bond acceptors (Lipinski definition) is 13. The Bertz CT molecular complexity index is 3300. The topological polar surface area (TPSA) is 212 Å². The molecule has 5 heterocycles. The molecule has 5 aliphatic heterocycles. The lowest BCUT2D eigenvalue weighted by atomic mass is 9.82. The summed E-state index contributed by atoms with van der Waals surface area (Å²) in [4.78, 5) is 112. The highest BCUT2D eigenvalue weighted by atomic mass is 19.1. The molecule has 0 spiro atoms. The van der Waals surface area contributed by atoms with Crippen LogP contribution in [-0.4, -0.2) is 180 Å². The predicted octanol–water partition coefficient (Wildman–Crippen LogP) is 8.16. The molecule has 0 bridgehead atoms. The summed E-state index contributed by atoms with van der Waals surface area (Å²) in [6.07, 6.45) is -0.119. The molecule has 0 aromatic heterocycles. The molecule has 5 aliphatic rings. The number of likely N-dealkylation sites (N-methyl/N-ethyl adjacent to an activating group) is 1. The summed E-state index contributed by atoms with van der Waals surface area (Å²) in [6, 6.07) is 15.1. The molecule has 0 aliphatic carbocycles. The predicted molar refractivity (Wildman–Crippen MR) is 327 cm³/mol. The van der Waals surface area contributed by atoms with Crippen molar-refractivity contribution < 1.29 is 65.7 Å². The molecule has 7 atom stereocenters. The molecule has 480 valence electrons. The number of ether oxygens (including phenoxy) is 4. The largest absolute Gasteiger partial charge is 0.444 e. The second-order valence-electron chi connectivity index (χ2n) is 26.5. The summed E-state index contributed by atoms with van der Waals surface area (Å²) >= 11 is 0. The number of fused-ring (bicyclic) bond motifs is 2. The minimum atomic E-state index is -1.56. The minimum Gasteiger partial charge on any atom is -0.444 e. The molecular weight excluding hydrogens is 1150 g/mol. The van der Waals surface area contributed by atoms with Crippen molar-refractivity contribution in [3.63, 3.8) is 0 Å². The fraction of sp³-hybridized carbons (Fsp3) is 0.530. The van der Waals surface area contributed by atoms with Crippen LogP contribution in [0.3, 0.4) is 0 Å². The number of carbonyl (C=O) groups excluding carboxylic acids is 7. The number of para-hydroxylation sites is 1. The number of halogens is 3. The van der Waals surface area contributed by atoms with Gasteiger partial charge in [0.15, 0.2) is 0 Å². The first-order chi connectivity index (χ1) is 42.0. The first-order valence-electron chi connectivity index (χ1n) is 30.6. The van der Waals surface area contributed by atoms with Gasteiger partial charge in [0.1, 0.15) is 52.5 Å². The first-order valence-corrected chi connectivity index (χ1v) is 30.6. The number of hydrogen-bond donors (Lipinski definition) is 3. The van der Waals surface area contributed by atoms with Crippen LogP contribution in [0.2, 0.25) is 0 Å². The number of anilines is 3. The fourth-order valence-electron chi connectivity index (χ4n) is 12.4. The zero-order valence-corrected chi connectivity index (χ0v) is 52.8. The van der Waals surface area contributed by atoms with Crippen LogP contribution in [0, 0.1) is 23.4 Å². The van der Waals surface area contributed by atoms with Crippen LogP contribution < -0.4 is 20.9 Å². The molecule has 23 heteroatoms. The van der Waals surface area contributed by atoms with E-state index < -0.39 is 93.8 Å². The van der Waals surface area contributed by atoms with Crippen molar-refractivity contribution in [3.05, 3.63) is 124 Å². The van der Waals surface area contributed by atoms with E-state index >= 15 is 23.2 Å². The Morgan fingerprint density at radius 1 is 0.775 bits per heavy atom. The Balaban J connectivity index is 1.02. The van der Waals surface area contributed by atoms with E-state index in [1.54, 1.807) is 61.8 Å². The molecule has 0 radical (unpaired) electrons. The average molecular weight is 1240 g/mol. The van der Waals surface area contributed by atoms with Crippen molar-refractivity contribution in [3.8, 4) is 0 Å². The Hall–Kier alpha value is -7.60. The van der Waals surface area contributed by atoms with Crippen molar-refractivity contribution in [2.45, 2.75) is 148 Å². The van der Waals surface area contributed by atoms with E-state index in [1.165, 1.54) is 37.1 Å². The molecule has 3 N–H and O–H groups in total. The zero-order chi connectivity index (χ0) is 64.4. The van der Waals surface area contributed by atoms with Crippen LogP contribution in [0.4, 0.5) is 39.8 Å². The zero-order valence-electron chi connectivity index (χ0n) is 52.8. The highest BCUT2D eigenvalue weighted by molar-refractivity contribution is 6.07. The van der Waals surface area contributed by atoms with E-state index in [9.17, 15) is 23.6 Å². The van der Waals surface area contributed by atoms with Gasteiger partial charge < -0.3 is 49.6 Å². The standard InChI is InChI=1S/C66H84F3N9O11/c1-39-32-75(48(34-74-25-28-87-37-40(74)2)35-76(39)63(85)89-65(7,8)9)36-54(79)78-38-66(10,50-22-17-43(30-53(50)78)29-42-15-19-46(67)20-16-42)61(83)70-47-21-18-45-33-77(57(49(45)31-47)59(81)72-56-51(68)13-12-14-52(56)69)60(82)55(44-23-26-86-27-24-44)71-58(80)41(3)73(11)62(84)88-64(4,5)6/h12-22,30-31,39-41,44,48,55,57H,23-29,32-38H2,1-11H3,(H,70,83)(H,71,80)(H,72,81)/t39-,40-,41+,48+,55?,57+,66-/m1/s1. The Labute approximate surface area is 518 Å². The third-order valence-corrected chi connectivity index (χ3v) is 17.5. The summed E-state index contributed by atoms with van der Waals surface area (Å²) in [6.45, 7) is 20.9. The number of carbonyl (C=O) groups is 7. The van der Waals surface area contributed by atoms with E-state index in [-0.39, 0.29) is 73.9 Å². The van der Waals surface area contributed by atoms with E-state index in [1.807, 2.05) is 45.9 Å². The van der Waals surface area contributed by atoms with Crippen molar-refractivity contribution in [2.75, 3.05) is 88.3 Å². The summed E-state index contributed by atoms with van der Waals surface area (Å²) in [7, 11) is 1.40. The Morgan fingerprint density at radius 2 is 1.45 bits per heavy atom. The van der Waals surface area contributed by atoms with Gasteiger partial charge in [-0.05, 0) is 165 Å². The van der Waals surface area contributed by atoms with Gasteiger partial charge in [0, 0.05) is 89.0 Å². The fourth-order valence-corrected chi connectivity index (χ4v) is 12.4. The SMILES string of the molecule is C[C@@H]1COCCN1C[C@H]1CN(C(=O)OC(C)(C)C)[C@H](C)CN1CC(=O)N1C[C@@](C)(C(=O)Nc2ccc3c(c2)[C@@H](C(=O)Nc2c(F)cccc2F)N(C(=O)C(NC(=O)[C@H](C)N(C)C(=O)OC(C)(C)C)C2CCOCC2)C3)c2ccc(Cc3ccc(F)cc3)cc21. The number of nitrogens with one attached hydrogen (secondary N) is 3. The lowest BCUT2D eigenvalue weighted by Gasteiger charge is -2.47. The summed E-state index contributed by atoms with van der Waals surface area (Å²) < 4.78 is 67.5. The van der Waals surface area contributed by atoms with Crippen LogP contribution in [-0.2, 0) is 61.3 Å². The first kappa shape index (κ1) is 65.8. The Morgan fingerprint density at radius 3 is 2.11 bits per heavy atom. The van der Waals surface area contributed by atoms with Crippen LogP contribution in [0.1, 0.15) is 116 Å². The third kappa shape index (κ3) is 15.2. The number of morpholine rings is 1. The van der Waals surface area contributed by atoms with Crippen LogP contribution in [0.5, 0.6) is 0 Å². The maximum atomic E-state index is 15.4. The number of amides is 7. The third-order valence-electron chi connectivity index (χ3n) is 17.5.